The second-order valence-electron chi connectivity index (χ2n) is 4.64. The topological polar surface area (TPSA) is 75.4 Å². The lowest BCUT2D eigenvalue weighted by Crippen LogP contribution is -2.35. The Bertz CT molecular complexity index is 579. The number of halogens is 2. The first-order chi connectivity index (χ1) is 9.81. The second kappa shape index (κ2) is 7.67. The average Bonchev–Trinajstić information content (AvgIpc) is 2.41. The highest BCUT2D eigenvalue weighted by Crippen LogP contribution is 2.20. The molecule has 0 saturated heterocycles. The summed E-state index contributed by atoms with van der Waals surface area (Å²) >= 11 is 0. The van der Waals surface area contributed by atoms with Crippen molar-refractivity contribution in [3.05, 3.63) is 23.8 Å². The van der Waals surface area contributed by atoms with Gasteiger partial charge in [-0.25, -0.2) is 21.9 Å². The highest BCUT2D eigenvalue weighted by Gasteiger charge is 2.21. The minimum absolute atomic E-state index is 0.146. The van der Waals surface area contributed by atoms with E-state index in [2.05, 4.69) is 9.62 Å². The zero-order valence-electron chi connectivity index (χ0n) is 12.2. The molecule has 0 atom stereocenters. The largest absolute Gasteiger partial charge is 0.396 e. The number of likely N-dealkylation sites (N-methyl/N-ethyl adjacent to an activating group) is 1. The molecule has 0 aliphatic rings. The second-order valence-corrected chi connectivity index (χ2v) is 6.37. The fourth-order valence-corrected chi connectivity index (χ4v) is 3.02. The van der Waals surface area contributed by atoms with Crippen LogP contribution in [0.3, 0.4) is 0 Å². The molecule has 1 rings (SSSR count). The molecule has 0 fully saturated rings. The van der Waals surface area contributed by atoms with Crippen LogP contribution in [0.25, 0.3) is 0 Å². The van der Waals surface area contributed by atoms with Crippen molar-refractivity contribution in [1.82, 2.24) is 9.62 Å². The third-order valence-electron chi connectivity index (χ3n) is 3.05. The van der Waals surface area contributed by atoms with Crippen molar-refractivity contribution < 1.29 is 17.2 Å². The Morgan fingerprint density at radius 2 is 1.86 bits per heavy atom. The van der Waals surface area contributed by atoms with E-state index in [0.717, 1.165) is 25.6 Å². The van der Waals surface area contributed by atoms with Crippen LogP contribution < -0.4 is 10.5 Å². The molecule has 0 heterocycles. The first-order valence-corrected chi connectivity index (χ1v) is 8.26. The van der Waals surface area contributed by atoms with Crippen LogP contribution >= 0.6 is 0 Å². The van der Waals surface area contributed by atoms with Gasteiger partial charge in [0.15, 0.2) is 0 Å². The van der Waals surface area contributed by atoms with Crippen molar-refractivity contribution in [2.24, 2.45) is 0 Å². The summed E-state index contributed by atoms with van der Waals surface area (Å²) in [6, 6.07) is 1.26. The van der Waals surface area contributed by atoms with Crippen LogP contribution in [0.2, 0.25) is 0 Å². The molecule has 0 unspecified atom stereocenters. The summed E-state index contributed by atoms with van der Waals surface area (Å²) in [5.41, 5.74) is 4.88. The van der Waals surface area contributed by atoms with Crippen molar-refractivity contribution in [2.75, 3.05) is 31.9 Å². The number of sulfonamides is 1. The molecule has 0 radical (unpaired) electrons. The Labute approximate surface area is 124 Å². The molecular formula is C13H21F2N3O2S. The fraction of sp³-hybridized carbons (Fsp3) is 0.538. The summed E-state index contributed by atoms with van der Waals surface area (Å²) in [5, 5.41) is 0. The number of rotatable bonds is 8. The lowest BCUT2D eigenvalue weighted by molar-refractivity contribution is 0.293. The number of nitrogens with zero attached hydrogens (tertiary/aromatic N) is 1. The third-order valence-corrected chi connectivity index (χ3v) is 4.52. The summed E-state index contributed by atoms with van der Waals surface area (Å²) < 4.78 is 52.9. The van der Waals surface area contributed by atoms with Gasteiger partial charge in [0, 0.05) is 19.2 Å². The Balaban J connectivity index is 2.76. The summed E-state index contributed by atoms with van der Waals surface area (Å²) in [7, 11) is -4.05. The first-order valence-electron chi connectivity index (χ1n) is 6.78. The number of nitrogen functional groups attached to an aromatic ring is 1. The van der Waals surface area contributed by atoms with E-state index in [1.807, 2.05) is 13.8 Å². The van der Waals surface area contributed by atoms with E-state index in [1.54, 1.807) is 0 Å². The number of nitrogens with two attached hydrogens (primary N) is 1. The van der Waals surface area contributed by atoms with Crippen molar-refractivity contribution in [1.29, 1.82) is 0 Å². The number of hydrogen-bond acceptors (Lipinski definition) is 4. The fourth-order valence-electron chi connectivity index (χ4n) is 1.91. The summed E-state index contributed by atoms with van der Waals surface area (Å²) in [6.45, 7) is 6.33. The van der Waals surface area contributed by atoms with Crippen LogP contribution in [0.15, 0.2) is 17.0 Å². The molecule has 0 bridgehead atoms. The highest BCUT2D eigenvalue weighted by molar-refractivity contribution is 7.89. The molecule has 0 aliphatic heterocycles. The van der Waals surface area contributed by atoms with E-state index in [1.165, 1.54) is 0 Å². The Morgan fingerprint density at radius 1 is 1.19 bits per heavy atom. The third kappa shape index (κ3) is 4.90. The molecule has 1 aromatic rings. The summed E-state index contributed by atoms with van der Waals surface area (Å²) in [6.07, 6.45) is 0.962. The van der Waals surface area contributed by atoms with Gasteiger partial charge in [0.1, 0.15) is 16.5 Å². The van der Waals surface area contributed by atoms with Crippen LogP contribution in [0.4, 0.5) is 14.5 Å². The van der Waals surface area contributed by atoms with Gasteiger partial charge in [-0.1, -0.05) is 13.8 Å². The van der Waals surface area contributed by atoms with Crippen molar-refractivity contribution in [2.45, 2.75) is 25.2 Å². The normalized spacial score (nSPS) is 12.0. The maximum atomic E-state index is 13.6. The SMILES string of the molecule is CCCN(CC)CCNS(=O)(=O)c1cc(N)c(F)cc1F. The molecule has 0 spiro atoms. The highest BCUT2D eigenvalue weighted by atomic mass is 32.2. The smallest absolute Gasteiger partial charge is 0.243 e. The number of anilines is 1. The predicted octanol–water partition coefficient (Wildman–Crippen LogP) is 1.56. The molecule has 1 aromatic carbocycles. The summed E-state index contributed by atoms with van der Waals surface area (Å²) in [4.78, 5) is 1.43. The number of benzene rings is 1. The molecule has 3 N–H and O–H groups in total. The Kier molecular flexibility index (Phi) is 6.50. The van der Waals surface area contributed by atoms with Gasteiger partial charge in [-0.2, -0.15) is 0 Å². The van der Waals surface area contributed by atoms with Crippen LogP contribution in [-0.2, 0) is 10.0 Å². The van der Waals surface area contributed by atoms with Crippen molar-refractivity contribution >= 4 is 15.7 Å². The Hall–Kier alpha value is -1.25. The monoisotopic (exact) mass is 321 g/mol. The van der Waals surface area contributed by atoms with E-state index >= 15 is 0 Å². The van der Waals surface area contributed by atoms with Gasteiger partial charge in [0.25, 0.3) is 0 Å². The minimum atomic E-state index is -4.05. The Morgan fingerprint density at radius 3 is 2.43 bits per heavy atom. The first kappa shape index (κ1) is 17.8. The summed E-state index contributed by atoms with van der Waals surface area (Å²) in [5.74, 6) is -2.14. The molecule has 0 aromatic heterocycles. The van der Waals surface area contributed by atoms with E-state index < -0.39 is 32.2 Å². The van der Waals surface area contributed by atoms with Gasteiger partial charge in [-0.3, -0.25) is 0 Å². The standard InChI is InChI=1S/C13H21F2N3O2S/c1-3-6-18(4-2)7-5-17-21(19,20)13-9-12(16)10(14)8-11(13)15/h8-9,17H,3-7,16H2,1-2H3. The number of nitrogens with one attached hydrogen (secondary N) is 1. The van der Waals surface area contributed by atoms with Gasteiger partial charge >= 0.3 is 0 Å². The number of hydrogen-bond donors (Lipinski definition) is 2. The maximum Gasteiger partial charge on any atom is 0.243 e. The van der Waals surface area contributed by atoms with Gasteiger partial charge in [-0.05, 0) is 25.6 Å². The van der Waals surface area contributed by atoms with Gasteiger partial charge in [0.05, 0.1) is 5.69 Å². The average molecular weight is 321 g/mol. The van der Waals surface area contributed by atoms with Crippen molar-refractivity contribution in [3.8, 4) is 0 Å². The molecule has 8 heteroatoms. The minimum Gasteiger partial charge on any atom is -0.396 e. The molecule has 0 aliphatic carbocycles. The van der Waals surface area contributed by atoms with E-state index in [0.29, 0.717) is 12.6 Å². The molecule has 21 heavy (non-hydrogen) atoms. The van der Waals surface area contributed by atoms with Crippen molar-refractivity contribution in [3.63, 3.8) is 0 Å². The van der Waals surface area contributed by atoms with Crippen LogP contribution in [-0.4, -0.2) is 39.5 Å². The van der Waals surface area contributed by atoms with Gasteiger partial charge in [0.2, 0.25) is 10.0 Å². The molecule has 0 saturated carbocycles. The van der Waals surface area contributed by atoms with E-state index in [4.69, 9.17) is 5.73 Å². The quantitative estimate of drug-likeness (QED) is 0.713. The van der Waals surface area contributed by atoms with Crippen LogP contribution in [0, 0.1) is 11.6 Å². The van der Waals surface area contributed by atoms with E-state index in [-0.39, 0.29) is 6.54 Å². The van der Waals surface area contributed by atoms with Crippen LogP contribution in [0.5, 0.6) is 0 Å². The lowest BCUT2D eigenvalue weighted by Gasteiger charge is -2.19. The zero-order chi connectivity index (χ0) is 16.0. The van der Waals surface area contributed by atoms with Gasteiger partial charge in [-0.15, -0.1) is 0 Å². The van der Waals surface area contributed by atoms with Crippen LogP contribution in [0.1, 0.15) is 20.3 Å². The molecule has 120 valence electrons. The van der Waals surface area contributed by atoms with Gasteiger partial charge < -0.3 is 10.6 Å². The molecule has 0 amide bonds. The molecular weight excluding hydrogens is 300 g/mol. The van der Waals surface area contributed by atoms with E-state index in [9.17, 15) is 17.2 Å². The molecule has 5 nitrogen and oxygen atoms in total. The lowest BCUT2D eigenvalue weighted by atomic mass is 10.3. The zero-order valence-corrected chi connectivity index (χ0v) is 13.0. The maximum absolute atomic E-state index is 13.6. The predicted molar refractivity (Wildman–Crippen MR) is 78.4 cm³/mol.